The second-order valence-electron chi connectivity index (χ2n) is 6.17. The van der Waals surface area contributed by atoms with Gasteiger partial charge in [-0.1, -0.05) is 22.8 Å². The predicted molar refractivity (Wildman–Crippen MR) is 93.7 cm³/mol. The molecule has 27 heavy (non-hydrogen) atoms. The molecule has 0 radical (unpaired) electrons. The van der Waals surface area contributed by atoms with Crippen molar-refractivity contribution in [3.05, 3.63) is 64.7 Å². The topological polar surface area (TPSA) is 80.0 Å². The van der Waals surface area contributed by atoms with Crippen molar-refractivity contribution in [2.75, 3.05) is 5.43 Å². The summed E-state index contributed by atoms with van der Waals surface area (Å²) in [7, 11) is 0. The maximum absolute atomic E-state index is 13.3. The van der Waals surface area contributed by atoms with E-state index in [0.29, 0.717) is 28.4 Å². The number of halogens is 3. The van der Waals surface area contributed by atoms with Crippen molar-refractivity contribution in [1.82, 2.24) is 15.6 Å². The molecule has 1 aliphatic carbocycles. The molecule has 1 aromatic heterocycles. The molecule has 1 heterocycles. The van der Waals surface area contributed by atoms with E-state index in [1.165, 1.54) is 6.07 Å². The van der Waals surface area contributed by atoms with Crippen molar-refractivity contribution >= 4 is 23.5 Å². The van der Waals surface area contributed by atoms with Crippen molar-refractivity contribution in [3.8, 4) is 11.4 Å². The maximum atomic E-state index is 13.3. The summed E-state index contributed by atoms with van der Waals surface area (Å²) in [5.74, 6) is -2.26. The van der Waals surface area contributed by atoms with Gasteiger partial charge >= 0.3 is 6.01 Å². The Balaban J connectivity index is 1.34. The van der Waals surface area contributed by atoms with E-state index in [9.17, 15) is 13.6 Å². The third kappa shape index (κ3) is 3.75. The van der Waals surface area contributed by atoms with Gasteiger partial charge in [-0.2, -0.15) is 4.98 Å². The van der Waals surface area contributed by atoms with Crippen LogP contribution < -0.4 is 10.9 Å². The number of nitrogens with one attached hydrogen (secondary N) is 2. The summed E-state index contributed by atoms with van der Waals surface area (Å²) in [4.78, 5) is 16.3. The molecule has 0 saturated heterocycles. The number of hydrazine groups is 1. The molecule has 1 saturated carbocycles. The van der Waals surface area contributed by atoms with Crippen LogP contribution in [0.1, 0.15) is 17.9 Å². The highest BCUT2D eigenvalue weighted by atomic mass is 35.5. The van der Waals surface area contributed by atoms with Gasteiger partial charge < -0.3 is 4.52 Å². The fourth-order valence-corrected chi connectivity index (χ4v) is 2.92. The standard InChI is InChI=1S/C18H13ClF2N4O2/c19-11-4-1-9(2-5-11)16-22-18(27-25-16)24-23-17(26)13-8-12(13)10-3-6-14(20)15(21)7-10/h1-7,12-13H,8H2,(H,23,26)(H,22,24,25)/t12-,13-/m1/s1. The molecule has 0 unspecified atom stereocenters. The zero-order valence-corrected chi connectivity index (χ0v) is 14.5. The minimum Gasteiger partial charge on any atom is -0.313 e. The Hall–Kier alpha value is -3.00. The van der Waals surface area contributed by atoms with Crippen molar-refractivity contribution in [3.63, 3.8) is 0 Å². The van der Waals surface area contributed by atoms with Crippen LogP contribution in [0.15, 0.2) is 47.0 Å². The molecule has 138 valence electrons. The smallest absolute Gasteiger partial charge is 0.313 e. The van der Waals surface area contributed by atoms with Gasteiger partial charge in [-0.05, 0) is 54.3 Å². The highest BCUT2D eigenvalue weighted by Gasteiger charge is 2.44. The lowest BCUT2D eigenvalue weighted by molar-refractivity contribution is -0.121. The molecule has 0 bridgehead atoms. The summed E-state index contributed by atoms with van der Waals surface area (Å²) in [6.07, 6.45) is 0.554. The summed E-state index contributed by atoms with van der Waals surface area (Å²) < 4.78 is 31.3. The number of amides is 1. The molecule has 4 rings (SSSR count). The Bertz CT molecular complexity index is 993. The van der Waals surface area contributed by atoms with Gasteiger partial charge in [0.15, 0.2) is 11.6 Å². The van der Waals surface area contributed by atoms with E-state index >= 15 is 0 Å². The van der Waals surface area contributed by atoms with E-state index in [4.69, 9.17) is 16.1 Å². The van der Waals surface area contributed by atoms with E-state index in [1.807, 2.05) is 0 Å². The zero-order chi connectivity index (χ0) is 19.0. The average Bonchev–Trinajstić information content (AvgIpc) is 3.33. The van der Waals surface area contributed by atoms with Crippen LogP contribution >= 0.6 is 11.6 Å². The van der Waals surface area contributed by atoms with E-state index in [-0.39, 0.29) is 23.8 Å². The lowest BCUT2D eigenvalue weighted by Crippen LogP contribution is -2.31. The number of hydrogen-bond donors (Lipinski definition) is 2. The molecule has 9 heteroatoms. The van der Waals surface area contributed by atoms with Gasteiger partial charge in [-0.15, -0.1) is 0 Å². The fraction of sp³-hybridized carbons (Fsp3) is 0.167. The Kier molecular flexibility index (Phi) is 4.49. The molecular formula is C18H13ClF2N4O2. The summed E-state index contributed by atoms with van der Waals surface area (Å²) in [5.41, 5.74) is 6.35. The fourth-order valence-electron chi connectivity index (χ4n) is 2.79. The third-order valence-corrected chi connectivity index (χ3v) is 4.57. The minimum atomic E-state index is -0.919. The number of carbonyl (C=O) groups excluding carboxylic acids is 1. The molecule has 3 aromatic rings. The Morgan fingerprint density at radius 1 is 1.15 bits per heavy atom. The molecule has 2 aromatic carbocycles. The normalized spacial score (nSPS) is 18.2. The van der Waals surface area contributed by atoms with Gasteiger partial charge in [0.2, 0.25) is 11.7 Å². The van der Waals surface area contributed by atoms with Crippen LogP contribution in [0.25, 0.3) is 11.4 Å². The number of hydrogen-bond acceptors (Lipinski definition) is 5. The van der Waals surface area contributed by atoms with Gasteiger partial charge in [0.25, 0.3) is 0 Å². The Morgan fingerprint density at radius 2 is 1.93 bits per heavy atom. The Labute approximate surface area is 157 Å². The predicted octanol–water partition coefficient (Wildman–Crippen LogP) is 3.92. The molecule has 0 aliphatic heterocycles. The number of aromatic nitrogens is 2. The molecule has 1 amide bonds. The van der Waals surface area contributed by atoms with Crippen LogP contribution in [0.3, 0.4) is 0 Å². The highest BCUT2D eigenvalue weighted by Crippen LogP contribution is 2.47. The first-order chi connectivity index (χ1) is 13.0. The lowest BCUT2D eigenvalue weighted by Gasteiger charge is -2.04. The maximum Gasteiger partial charge on any atom is 0.340 e. The van der Waals surface area contributed by atoms with E-state index < -0.39 is 11.6 Å². The van der Waals surface area contributed by atoms with Gasteiger partial charge in [0.1, 0.15) is 0 Å². The first kappa shape index (κ1) is 17.4. The third-order valence-electron chi connectivity index (χ3n) is 4.32. The van der Waals surface area contributed by atoms with Gasteiger partial charge in [0.05, 0.1) is 0 Å². The second-order valence-corrected chi connectivity index (χ2v) is 6.60. The van der Waals surface area contributed by atoms with Crippen LogP contribution in [0.5, 0.6) is 0 Å². The second kappa shape index (κ2) is 6.96. The van der Waals surface area contributed by atoms with Crippen molar-refractivity contribution in [2.24, 2.45) is 5.92 Å². The van der Waals surface area contributed by atoms with Crippen molar-refractivity contribution in [1.29, 1.82) is 0 Å². The SMILES string of the molecule is O=C(NNc1nc(-c2ccc(Cl)cc2)no1)[C@@H]1C[C@@H]1c1ccc(F)c(F)c1. The summed E-state index contributed by atoms with van der Waals surface area (Å²) in [5, 5.41) is 4.41. The van der Waals surface area contributed by atoms with Crippen LogP contribution in [0, 0.1) is 17.6 Å². The number of anilines is 1. The van der Waals surface area contributed by atoms with Gasteiger partial charge in [-0.25, -0.2) is 14.2 Å². The highest BCUT2D eigenvalue weighted by molar-refractivity contribution is 6.30. The molecule has 0 spiro atoms. The first-order valence-electron chi connectivity index (χ1n) is 8.12. The van der Waals surface area contributed by atoms with E-state index in [1.54, 1.807) is 24.3 Å². The number of benzene rings is 2. The molecular weight excluding hydrogens is 378 g/mol. The largest absolute Gasteiger partial charge is 0.340 e. The number of carbonyl (C=O) groups is 1. The van der Waals surface area contributed by atoms with Crippen LogP contribution in [-0.4, -0.2) is 16.0 Å². The van der Waals surface area contributed by atoms with Crippen LogP contribution in [0.4, 0.5) is 14.8 Å². The lowest BCUT2D eigenvalue weighted by atomic mass is 10.1. The molecule has 1 fully saturated rings. The average molecular weight is 391 g/mol. The summed E-state index contributed by atoms with van der Waals surface area (Å²) in [6.45, 7) is 0. The van der Waals surface area contributed by atoms with Gasteiger partial charge in [-0.3, -0.25) is 10.2 Å². The zero-order valence-electron chi connectivity index (χ0n) is 13.7. The van der Waals surface area contributed by atoms with Crippen LogP contribution in [0.2, 0.25) is 5.02 Å². The van der Waals surface area contributed by atoms with E-state index in [2.05, 4.69) is 21.0 Å². The minimum absolute atomic E-state index is 0.0262. The first-order valence-corrected chi connectivity index (χ1v) is 8.49. The Morgan fingerprint density at radius 3 is 2.67 bits per heavy atom. The van der Waals surface area contributed by atoms with Crippen LogP contribution in [-0.2, 0) is 4.79 Å². The van der Waals surface area contributed by atoms with Gasteiger partial charge in [0, 0.05) is 16.5 Å². The van der Waals surface area contributed by atoms with Crippen molar-refractivity contribution in [2.45, 2.75) is 12.3 Å². The number of rotatable bonds is 5. The molecule has 2 N–H and O–H groups in total. The molecule has 2 atom stereocenters. The number of nitrogens with zero attached hydrogens (tertiary/aromatic N) is 2. The molecule has 6 nitrogen and oxygen atoms in total. The summed E-state index contributed by atoms with van der Waals surface area (Å²) >= 11 is 5.83. The molecule has 1 aliphatic rings. The quantitative estimate of drug-likeness (QED) is 0.645. The van der Waals surface area contributed by atoms with E-state index in [0.717, 1.165) is 12.1 Å². The summed E-state index contributed by atoms with van der Waals surface area (Å²) in [6, 6.07) is 10.6. The van der Waals surface area contributed by atoms with Crippen molar-refractivity contribution < 1.29 is 18.1 Å². The monoisotopic (exact) mass is 390 g/mol.